The zero-order chi connectivity index (χ0) is 14.1. The largest absolute Gasteiger partial charge is 0.479 e. The molecule has 2 N–H and O–H groups in total. The van der Waals surface area contributed by atoms with Crippen LogP contribution in [0.25, 0.3) is 0 Å². The van der Waals surface area contributed by atoms with Crippen LogP contribution in [0, 0.1) is 13.8 Å². The van der Waals surface area contributed by atoms with Crippen molar-refractivity contribution < 1.29 is 23.2 Å². The van der Waals surface area contributed by atoms with Crippen LogP contribution in [-0.4, -0.2) is 25.1 Å². The number of nitrogens with one attached hydrogen (secondary N) is 1. The van der Waals surface area contributed by atoms with Crippen molar-refractivity contribution in [3.63, 3.8) is 0 Å². The van der Waals surface area contributed by atoms with Gasteiger partial charge in [0.15, 0.2) is 5.60 Å². The highest BCUT2D eigenvalue weighted by molar-refractivity contribution is 7.89. The number of hydrogen-bond acceptors (Lipinski definition) is 5. The molecule has 0 saturated carbocycles. The molecule has 1 heterocycles. The fourth-order valence-corrected chi connectivity index (χ4v) is 3.59. The summed E-state index contributed by atoms with van der Waals surface area (Å²) < 4.78 is 23.8. The van der Waals surface area contributed by atoms with Gasteiger partial charge in [0.05, 0.1) is 4.90 Å². The summed E-state index contributed by atoms with van der Waals surface area (Å²) in [4.78, 5) is 19.0. The van der Waals surface area contributed by atoms with Crippen molar-refractivity contribution in [3.8, 4) is 0 Å². The van der Waals surface area contributed by atoms with Crippen LogP contribution in [0.1, 0.15) is 23.6 Å². The van der Waals surface area contributed by atoms with Crippen LogP contribution < -0.4 is 4.89 Å². The third-order valence-electron chi connectivity index (χ3n) is 2.21. The summed E-state index contributed by atoms with van der Waals surface area (Å²) in [6.45, 7) is 5.97. The molecule has 18 heavy (non-hydrogen) atoms. The quantitative estimate of drug-likeness (QED) is 0.801. The van der Waals surface area contributed by atoms with E-state index >= 15 is 0 Å². The second-order valence-corrected chi connectivity index (χ2v) is 7.36. The maximum Gasteiger partial charge on any atom is 0.337 e. The lowest BCUT2D eigenvalue weighted by Crippen LogP contribution is -2.41. The molecule has 0 fully saturated rings. The maximum absolute atomic E-state index is 11.9. The third kappa shape index (κ3) is 3.29. The van der Waals surface area contributed by atoms with Gasteiger partial charge < -0.3 is 5.11 Å². The average Bonchev–Trinajstić information content (AvgIpc) is 2.56. The summed E-state index contributed by atoms with van der Waals surface area (Å²) in [5.41, 5.74) is -1.63. The van der Waals surface area contributed by atoms with E-state index in [2.05, 4.69) is 0 Å². The van der Waals surface area contributed by atoms with Gasteiger partial charge in [0.2, 0.25) is 0 Å². The average molecular weight is 293 g/mol. The van der Waals surface area contributed by atoms with E-state index in [4.69, 9.17) is 9.94 Å². The molecule has 0 atom stereocenters. The molecular formula is C10H15NO5S2. The Morgan fingerprint density at radius 3 is 2.39 bits per heavy atom. The number of carbonyl (C=O) groups is 1. The van der Waals surface area contributed by atoms with E-state index in [1.807, 2.05) is 4.89 Å². The van der Waals surface area contributed by atoms with Gasteiger partial charge in [-0.05, 0) is 33.8 Å². The van der Waals surface area contributed by atoms with Crippen LogP contribution in [-0.2, 0) is 19.7 Å². The first kappa shape index (κ1) is 15.1. The molecule has 0 unspecified atom stereocenters. The molecule has 0 aliphatic rings. The van der Waals surface area contributed by atoms with Gasteiger partial charge in [-0.25, -0.2) is 13.2 Å². The van der Waals surface area contributed by atoms with Crippen LogP contribution in [0.15, 0.2) is 11.0 Å². The molecule has 0 aromatic carbocycles. The molecule has 102 valence electrons. The number of carboxylic acids is 1. The number of rotatable bonds is 5. The van der Waals surface area contributed by atoms with Gasteiger partial charge in [-0.3, -0.25) is 4.84 Å². The predicted octanol–water partition coefficient (Wildman–Crippen LogP) is 1.44. The highest BCUT2D eigenvalue weighted by atomic mass is 32.2. The first-order valence-electron chi connectivity index (χ1n) is 5.06. The molecule has 0 radical (unpaired) electrons. The van der Waals surface area contributed by atoms with Crippen LogP contribution in [0.4, 0.5) is 0 Å². The van der Waals surface area contributed by atoms with E-state index in [-0.39, 0.29) is 4.90 Å². The van der Waals surface area contributed by atoms with Crippen LogP contribution in [0.2, 0.25) is 0 Å². The Morgan fingerprint density at radius 2 is 2.00 bits per heavy atom. The number of aliphatic carboxylic acids is 1. The fraction of sp³-hybridized carbons (Fsp3) is 0.500. The first-order chi connectivity index (χ1) is 8.06. The van der Waals surface area contributed by atoms with Gasteiger partial charge in [0.25, 0.3) is 10.0 Å². The van der Waals surface area contributed by atoms with E-state index < -0.39 is 21.6 Å². The van der Waals surface area contributed by atoms with Crippen LogP contribution in [0.3, 0.4) is 0 Å². The normalized spacial score (nSPS) is 12.7. The Kier molecular flexibility index (Phi) is 4.16. The molecular weight excluding hydrogens is 278 g/mol. The van der Waals surface area contributed by atoms with Gasteiger partial charge >= 0.3 is 5.97 Å². The standard InChI is InChI=1S/C10H15NO5S2/c1-6-5-8(7(2)17-6)18(14,15)11-16-10(3,4)9(12)13/h5,11H,1-4H3,(H,12,13). The predicted molar refractivity (Wildman–Crippen MR) is 66.9 cm³/mol. The lowest BCUT2D eigenvalue weighted by Gasteiger charge is -2.19. The van der Waals surface area contributed by atoms with E-state index in [0.717, 1.165) is 4.88 Å². The summed E-state index contributed by atoms with van der Waals surface area (Å²) in [5, 5.41) is 8.81. The summed E-state index contributed by atoms with van der Waals surface area (Å²) in [5.74, 6) is -1.26. The Bertz CT molecular complexity index is 559. The minimum absolute atomic E-state index is 0.103. The topological polar surface area (TPSA) is 92.7 Å². The van der Waals surface area contributed by atoms with E-state index in [1.165, 1.54) is 31.3 Å². The fourth-order valence-electron chi connectivity index (χ4n) is 1.12. The Balaban J connectivity index is 2.91. The number of sulfonamides is 1. The SMILES string of the molecule is Cc1cc(S(=O)(=O)NOC(C)(C)C(=O)O)c(C)s1. The van der Waals surface area contributed by atoms with Crippen molar-refractivity contribution in [2.75, 3.05) is 0 Å². The lowest BCUT2D eigenvalue weighted by molar-refractivity contribution is -0.165. The molecule has 8 heteroatoms. The van der Waals surface area contributed by atoms with Crippen molar-refractivity contribution >= 4 is 27.3 Å². The molecule has 0 aliphatic heterocycles. The Hall–Kier alpha value is -0.960. The zero-order valence-electron chi connectivity index (χ0n) is 10.5. The molecule has 0 amide bonds. The Labute approximate surface area is 110 Å². The molecule has 0 bridgehead atoms. The summed E-state index contributed by atoms with van der Waals surface area (Å²) in [6.07, 6.45) is 0. The molecule has 0 spiro atoms. The lowest BCUT2D eigenvalue weighted by atomic mass is 10.1. The van der Waals surface area contributed by atoms with Gasteiger partial charge in [-0.15, -0.1) is 11.3 Å². The van der Waals surface area contributed by atoms with E-state index in [0.29, 0.717) is 4.88 Å². The van der Waals surface area contributed by atoms with Gasteiger partial charge in [-0.1, -0.05) is 4.89 Å². The van der Waals surface area contributed by atoms with Gasteiger partial charge in [0.1, 0.15) is 0 Å². The van der Waals surface area contributed by atoms with Crippen molar-refractivity contribution in [1.82, 2.24) is 4.89 Å². The van der Waals surface area contributed by atoms with Crippen molar-refractivity contribution in [2.24, 2.45) is 0 Å². The second-order valence-electron chi connectivity index (χ2n) is 4.28. The van der Waals surface area contributed by atoms with Crippen molar-refractivity contribution in [2.45, 2.75) is 38.2 Å². The van der Waals surface area contributed by atoms with Crippen LogP contribution in [0.5, 0.6) is 0 Å². The minimum Gasteiger partial charge on any atom is -0.479 e. The maximum atomic E-state index is 11.9. The summed E-state index contributed by atoms with van der Waals surface area (Å²) in [7, 11) is -3.86. The minimum atomic E-state index is -3.86. The second kappa shape index (κ2) is 4.96. The van der Waals surface area contributed by atoms with Gasteiger partial charge in [-0.2, -0.15) is 0 Å². The van der Waals surface area contributed by atoms with E-state index in [1.54, 1.807) is 13.8 Å². The molecule has 6 nitrogen and oxygen atoms in total. The molecule has 0 aliphatic carbocycles. The van der Waals surface area contributed by atoms with Crippen molar-refractivity contribution in [3.05, 3.63) is 15.8 Å². The summed E-state index contributed by atoms with van der Waals surface area (Å²) in [6, 6.07) is 1.51. The molecule has 1 rings (SSSR count). The smallest absolute Gasteiger partial charge is 0.337 e. The third-order valence-corrected chi connectivity index (χ3v) is 4.61. The molecule has 1 aromatic heterocycles. The Morgan fingerprint density at radius 1 is 1.44 bits per heavy atom. The van der Waals surface area contributed by atoms with Crippen molar-refractivity contribution in [1.29, 1.82) is 0 Å². The number of aryl methyl sites for hydroxylation is 2. The first-order valence-corrected chi connectivity index (χ1v) is 7.36. The summed E-state index contributed by atoms with van der Waals surface area (Å²) >= 11 is 1.34. The van der Waals surface area contributed by atoms with Crippen LogP contribution >= 0.6 is 11.3 Å². The highest BCUT2D eigenvalue weighted by Gasteiger charge is 2.31. The number of hydrogen-bond donors (Lipinski definition) is 2. The van der Waals surface area contributed by atoms with Gasteiger partial charge in [0, 0.05) is 9.75 Å². The number of carboxylic acid groups (broad SMARTS) is 1. The highest BCUT2D eigenvalue weighted by Crippen LogP contribution is 2.25. The van der Waals surface area contributed by atoms with E-state index in [9.17, 15) is 13.2 Å². The molecule has 0 saturated heterocycles. The molecule has 1 aromatic rings. The monoisotopic (exact) mass is 293 g/mol. The zero-order valence-corrected chi connectivity index (χ0v) is 12.1. The number of thiophene rings is 1.